The molecule has 0 heterocycles. The van der Waals surface area contributed by atoms with E-state index in [2.05, 4.69) is 5.32 Å². The molecule has 0 aliphatic carbocycles. The van der Waals surface area contributed by atoms with Crippen LogP contribution in [0.3, 0.4) is 0 Å². The first-order valence-electron chi connectivity index (χ1n) is 6.12. The second kappa shape index (κ2) is 6.19. The molecule has 112 valence electrons. The van der Waals surface area contributed by atoms with E-state index < -0.39 is 14.9 Å². The van der Waals surface area contributed by atoms with Crippen molar-refractivity contribution in [2.75, 3.05) is 26.0 Å². The smallest absolute Gasteiger partial charge is 0.292 e. The molecule has 0 spiro atoms. The van der Waals surface area contributed by atoms with Gasteiger partial charge in [0, 0.05) is 26.7 Å². The predicted molar refractivity (Wildman–Crippen MR) is 77.3 cm³/mol. The van der Waals surface area contributed by atoms with Crippen LogP contribution in [0.2, 0.25) is 0 Å². The lowest BCUT2D eigenvalue weighted by Gasteiger charge is -2.19. The fourth-order valence-electron chi connectivity index (χ4n) is 1.83. The minimum Gasteiger partial charge on any atom is -0.383 e. The van der Waals surface area contributed by atoms with Crippen LogP contribution in [0, 0.1) is 16.0 Å². The molecule has 0 amide bonds. The third-order valence-corrected chi connectivity index (χ3v) is 4.58. The SMILES string of the molecule is CNc1cc(S(=O)(=O)N(C)CC(C)C)ccc1[N+](=O)[O-]. The van der Waals surface area contributed by atoms with Gasteiger partial charge in [0.25, 0.3) is 5.69 Å². The van der Waals surface area contributed by atoms with E-state index in [1.807, 2.05) is 13.8 Å². The van der Waals surface area contributed by atoms with Crippen LogP contribution in [0.25, 0.3) is 0 Å². The lowest BCUT2D eigenvalue weighted by atomic mass is 10.2. The van der Waals surface area contributed by atoms with Gasteiger partial charge in [-0.05, 0) is 18.1 Å². The highest BCUT2D eigenvalue weighted by molar-refractivity contribution is 7.89. The molecule has 0 aliphatic heterocycles. The molecule has 7 nitrogen and oxygen atoms in total. The average molecular weight is 301 g/mol. The number of nitro groups is 1. The number of hydrogen-bond acceptors (Lipinski definition) is 5. The molecule has 20 heavy (non-hydrogen) atoms. The van der Waals surface area contributed by atoms with E-state index in [0.29, 0.717) is 6.54 Å². The number of nitro benzene ring substituents is 1. The van der Waals surface area contributed by atoms with Gasteiger partial charge < -0.3 is 5.32 Å². The maximum atomic E-state index is 12.3. The Labute approximate surface area is 118 Å². The Morgan fingerprint density at radius 1 is 1.40 bits per heavy atom. The Bertz CT molecular complexity index is 599. The molecule has 0 saturated carbocycles. The monoisotopic (exact) mass is 301 g/mol. The lowest BCUT2D eigenvalue weighted by molar-refractivity contribution is -0.384. The highest BCUT2D eigenvalue weighted by atomic mass is 32.2. The first-order chi connectivity index (χ1) is 9.20. The van der Waals surface area contributed by atoms with E-state index in [-0.39, 0.29) is 22.2 Å². The van der Waals surface area contributed by atoms with Crippen LogP contribution in [0.5, 0.6) is 0 Å². The zero-order valence-corrected chi connectivity index (χ0v) is 12.8. The molecular weight excluding hydrogens is 282 g/mol. The number of rotatable bonds is 6. The highest BCUT2D eigenvalue weighted by Crippen LogP contribution is 2.28. The number of sulfonamides is 1. The number of nitrogens with one attached hydrogen (secondary N) is 1. The quantitative estimate of drug-likeness (QED) is 0.640. The Morgan fingerprint density at radius 3 is 2.45 bits per heavy atom. The topological polar surface area (TPSA) is 92.6 Å². The summed E-state index contributed by atoms with van der Waals surface area (Å²) >= 11 is 0. The molecule has 1 aromatic rings. The molecule has 0 bridgehead atoms. The third-order valence-electron chi connectivity index (χ3n) is 2.76. The second-order valence-corrected chi connectivity index (χ2v) is 6.91. The molecule has 8 heteroatoms. The largest absolute Gasteiger partial charge is 0.383 e. The van der Waals surface area contributed by atoms with Crippen LogP contribution in [0.15, 0.2) is 23.1 Å². The van der Waals surface area contributed by atoms with Crippen molar-refractivity contribution in [1.29, 1.82) is 0 Å². The van der Waals surface area contributed by atoms with Gasteiger partial charge in [-0.3, -0.25) is 10.1 Å². The van der Waals surface area contributed by atoms with E-state index in [4.69, 9.17) is 0 Å². The number of nitrogens with zero attached hydrogens (tertiary/aromatic N) is 2. The third kappa shape index (κ3) is 3.45. The molecule has 1 aromatic carbocycles. The number of hydrogen-bond donors (Lipinski definition) is 1. The van der Waals surface area contributed by atoms with Crippen LogP contribution >= 0.6 is 0 Å². The van der Waals surface area contributed by atoms with Crippen molar-refractivity contribution >= 4 is 21.4 Å². The Balaban J connectivity index is 3.23. The van der Waals surface area contributed by atoms with Crippen LogP contribution < -0.4 is 5.32 Å². The first kappa shape index (κ1) is 16.4. The fourth-order valence-corrected chi connectivity index (χ4v) is 3.19. The number of benzene rings is 1. The van der Waals surface area contributed by atoms with E-state index in [9.17, 15) is 18.5 Å². The van der Waals surface area contributed by atoms with Crippen LogP contribution in [0.4, 0.5) is 11.4 Å². The van der Waals surface area contributed by atoms with Gasteiger partial charge in [0.1, 0.15) is 5.69 Å². The fraction of sp³-hybridized carbons (Fsp3) is 0.500. The van der Waals surface area contributed by atoms with Gasteiger partial charge in [0.2, 0.25) is 10.0 Å². The van der Waals surface area contributed by atoms with Crippen LogP contribution in [-0.2, 0) is 10.0 Å². The molecule has 0 aliphatic rings. The minimum atomic E-state index is -3.64. The predicted octanol–water partition coefficient (Wildman–Crippen LogP) is 1.91. The molecule has 0 aromatic heterocycles. The zero-order chi connectivity index (χ0) is 15.5. The summed E-state index contributed by atoms with van der Waals surface area (Å²) in [6.07, 6.45) is 0. The number of anilines is 1. The van der Waals surface area contributed by atoms with Gasteiger partial charge in [-0.25, -0.2) is 12.7 Å². The van der Waals surface area contributed by atoms with Gasteiger partial charge in [-0.2, -0.15) is 0 Å². The summed E-state index contributed by atoms with van der Waals surface area (Å²) < 4.78 is 25.9. The summed E-state index contributed by atoms with van der Waals surface area (Å²) in [4.78, 5) is 10.3. The normalized spacial score (nSPS) is 11.9. The molecule has 0 saturated heterocycles. The van der Waals surface area contributed by atoms with Gasteiger partial charge in [0.05, 0.1) is 9.82 Å². The van der Waals surface area contributed by atoms with Crippen LogP contribution in [-0.4, -0.2) is 38.3 Å². The highest BCUT2D eigenvalue weighted by Gasteiger charge is 2.24. The Morgan fingerprint density at radius 2 is 2.00 bits per heavy atom. The summed E-state index contributed by atoms with van der Waals surface area (Å²) in [5, 5.41) is 13.5. The van der Waals surface area contributed by atoms with Crippen molar-refractivity contribution in [3.8, 4) is 0 Å². The van der Waals surface area contributed by atoms with Crippen molar-refractivity contribution in [2.45, 2.75) is 18.7 Å². The van der Waals surface area contributed by atoms with Gasteiger partial charge >= 0.3 is 0 Å². The maximum absolute atomic E-state index is 12.3. The molecule has 1 N–H and O–H groups in total. The van der Waals surface area contributed by atoms with Gasteiger partial charge in [-0.1, -0.05) is 13.8 Å². The van der Waals surface area contributed by atoms with Crippen molar-refractivity contribution in [1.82, 2.24) is 4.31 Å². The van der Waals surface area contributed by atoms with Gasteiger partial charge in [0.15, 0.2) is 0 Å². The molecule has 0 unspecified atom stereocenters. The molecule has 0 radical (unpaired) electrons. The summed E-state index contributed by atoms with van der Waals surface area (Å²) in [7, 11) is -0.632. The molecular formula is C12H19N3O4S. The van der Waals surface area contributed by atoms with E-state index in [0.717, 1.165) is 0 Å². The molecule has 1 rings (SSSR count). The Hall–Kier alpha value is -1.67. The Kier molecular flexibility index (Phi) is 5.07. The summed E-state index contributed by atoms with van der Waals surface area (Å²) in [5.41, 5.74) is 0.0204. The van der Waals surface area contributed by atoms with Crippen molar-refractivity contribution in [2.24, 2.45) is 5.92 Å². The second-order valence-electron chi connectivity index (χ2n) is 4.87. The first-order valence-corrected chi connectivity index (χ1v) is 7.56. The zero-order valence-electron chi connectivity index (χ0n) is 12.0. The van der Waals surface area contributed by atoms with Crippen molar-refractivity contribution in [3.63, 3.8) is 0 Å². The standard InChI is InChI=1S/C12H19N3O4S/c1-9(2)8-14(4)20(18,19)10-5-6-12(15(16)17)11(7-10)13-3/h5-7,9,13H,8H2,1-4H3. The minimum absolute atomic E-state index is 0.0376. The average Bonchev–Trinajstić information content (AvgIpc) is 2.36. The van der Waals surface area contributed by atoms with Gasteiger partial charge in [-0.15, -0.1) is 0 Å². The van der Waals surface area contributed by atoms with E-state index >= 15 is 0 Å². The summed E-state index contributed by atoms with van der Waals surface area (Å²) in [6, 6.07) is 3.73. The molecule has 0 atom stereocenters. The maximum Gasteiger partial charge on any atom is 0.292 e. The summed E-state index contributed by atoms with van der Waals surface area (Å²) in [5.74, 6) is 0.191. The van der Waals surface area contributed by atoms with Crippen molar-refractivity contribution in [3.05, 3.63) is 28.3 Å². The summed E-state index contributed by atoms with van der Waals surface area (Å²) in [6.45, 7) is 4.22. The molecule has 0 fully saturated rings. The van der Waals surface area contributed by atoms with E-state index in [1.165, 1.54) is 36.6 Å². The lowest BCUT2D eigenvalue weighted by Crippen LogP contribution is -2.30. The van der Waals surface area contributed by atoms with Crippen molar-refractivity contribution < 1.29 is 13.3 Å². The van der Waals surface area contributed by atoms with E-state index in [1.54, 1.807) is 0 Å². The van der Waals surface area contributed by atoms with Crippen LogP contribution in [0.1, 0.15) is 13.8 Å².